The Labute approximate surface area is 95.3 Å². The van der Waals surface area contributed by atoms with Crippen LogP contribution in [0.2, 0.25) is 0 Å². The number of nitrogens with one attached hydrogen (secondary N) is 1. The lowest BCUT2D eigenvalue weighted by Gasteiger charge is -2.20. The van der Waals surface area contributed by atoms with Gasteiger partial charge < -0.3 is 11.5 Å². The van der Waals surface area contributed by atoms with Crippen molar-refractivity contribution in [2.45, 2.75) is 6.42 Å². The van der Waals surface area contributed by atoms with Gasteiger partial charge in [0, 0.05) is 13.6 Å². The van der Waals surface area contributed by atoms with Gasteiger partial charge in [0.1, 0.15) is 0 Å². The smallest absolute Gasteiger partial charge is 0.197 e. The molecule has 1 aromatic rings. The van der Waals surface area contributed by atoms with E-state index in [-0.39, 0.29) is 11.9 Å². The predicted octanol–water partition coefficient (Wildman–Crippen LogP) is 0.369. The van der Waals surface area contributed by atoms with Crippen molar-refractivity contribution in [2.24, 2.45) is 16.5 Å². The molecule has 0 aliphatic carbocycles. The van der Waals surface area contributed by atoms with Crippen molar-refractivity contribution in [3.8, 4) is 0 Å². The van der Waals surface area contributed by atoms with E-state index >= 15 is 0 Å². The number of benzene rings is 1. The zero-order valence-electron chi connectivity index (χ0n) is 9.35. The molecule has 0 spiro atoms. The number of aliphatic imine (C=N–C) groups is 1. The third-order valence-corrected chi connectivity index (χ3v) is 2.26. The fourth-order valence-electron chi connectivity index (χ4n) is 1.36. The van der Waals surface area contributed by atoms with Crippen LogP contribution >= 0.6 is 0 Å². The minimum absolute atomic E-state index is 0.0842. The molecule has 0 aliphatic rings. The number of nitrogens with two attached hydrogens (primary N) is 2. The largest absolute Gasteiger partial charge is 0.370 e. The number of rotatable bonds is 3. The topological polar surface area (TPSA) is 91.5 Å². The van der Waals surface area contributed by atoms with Gasteiger partial charge in [0.15, 0.2) is 11.9 Å². The average Bonchev–Trinajstić information content (AvgIpc) is 2.30. The Morgan fingerprint density at radius 1 is 1.31 bits per heavy atom. The van der Waals surface area contributed by atoms with E-state index < -0.39 is 0 Å². The molecule has 1 aromatic carbocycles. The van der Waals surface area contributed by atoms with E-state index in [1.165, 1.54) is 10.5 Å². The lowest BCUT2D eigenvalue weighted by molar-refractivity contribution is 0.587. The summed E-state index contributed by atoms with van der Waals surface area (Å²) in [6.07, 6.45) is 0.774. The predicted molar refractivity (Wildman–Crippen MR) is 66.3 cm³/mol. The van der Waals surface area contributed by atoms with Crippen LogP contribution in [0.4, 0.5) is 0 Å². The molecule has 5 N–H and O–H groups in total. The Morgan fingerprint density at radius 2 is 1.94 bits per heavy atom. The molecule has 0 saturated carbocycles. The van der Waals surface area contributed by atoms with Crippen LogP contribution in [-0.2, 0) is 6.42 Å². The van der Waals surface area contributed by atoms with E-state index in [4.69, 9.17) is 16.9 Å². The van der Waals surface area contributed by atoms with Crippen LogP contribution in [0.1, 0.15) is 5.56 Å². The molecule has 86 valence electrons. The molecule has 0 radical (unpaired) electrons. The Morgan fingerprint density at radius 3 is 2.44 bits per heavy atom. The number of hydrogen-bond donors (Lipinski definition) is 3. The highest BCUT2D eigenvalue weighted by molar-refractivity contribution is 5.95. The molecule has 0 unspecified atom stereocenters. The van der Waals surface area contributed by atoms with Crippen molar-refractivity contribution in [3.63, 3.8) is 0 Å². The van der Waals surface area contributed by atoms with Crippen molar-refractivity contribution in [2.75, 3.05) is 13.6 Å². The Balaban J connectivity index is 2.61. The number of guanidine groups is 2. The molecule has 0 atom stereocenters. The highest BCUT2D eigenvalue weighted by Crippen LogP contribution is 2.01. The lowest BCUT2D eigenvalue weighted by atomic mass is 10.1. The first-order valence-electron chi connectivity index (χ1n) is 5.03. The molecule has 0 heterocycles. The van der Waals surface area contributed by atoms with Crippen LogP contribution in [0, 0.1) is 5.41 Å². The minimum atomic E-state index is -0.0842. The maximum Gasteiger partial charge on any atom is 0.197 e. The molecule has 0 amide bonds. The van der Waals surface area contributed by atoms with Gasteiger partial charge in [-0.2, -0.15) is 0 Å². The Hall–Kier alpha value is -2.04. The molecule has 0 aromatic heterocycles. The van der Waals surface area contributed by atoms with Gasteiger partial charge in [-0.25, -0.2) is 0 Å². The monoisotopic (exact) mass is 219 g/mol. The molecule has 5 heteroatoms. The van der Waals surface area contributed by atoms with Gasteiger partial charge in [0.25, 0.3) is 0 Å². The van der Waals surface area contributed by atoms with Gasteiger partial charge in [0.05, 0.1) is 0 Å². The Kier molecular flexibility index (Phi) is 4.32. The van der Waals surface area contributed by atoms with Crippen LogP contribution in [0.25, 0.3) is 0 Å². The first-order valence-corrected chi connectivity index (χ1v) is 5.03. The van der Waals surface area contributed by atoms with Crippen molar-refractivity contribution >= 4 is 11.9 Å². The summed E-state index contributed by atoms with van der Waals surface area (Å²) in [7, 11) is 1.58. The van der Waals surface area contributed by atoms with Crippen LogP contribution in [0.15, 0.2) is 35.3 Å². The van der Waals surface area contributed by atoms with Gasteiger partial charge >= 0.3 is 0 Å². The molecule has 5 nitrogen and oxygen atoms in total. The van der Waals surface area contributed by atoms with Gasteiger partial charge in [-0.05, 0) is 12.0 Å². The van der Waals surface area contributed by atoms with Gasteiger partial charge in [-0.15, -0.1) is 0 Å². The third kappa shape index (κ3) is 3.27. The summed E-state index contributed by atoms with van der Waals surface area (Å²) >= 11 is 0. The fraction of sp³-hybridized carbons (Fsp3) is 0.273. The first kappa shape index (κ1) is 12.0. The van der Waals surface area contributed by atoms with Crippen LogP contribution < -0.4 is 11.5 Å². The zero-order valence-corrected chi connectivity index (χ0v) is 9.35. The molecular formula is C11H17N5. The molecule has 0 aliphatic heterocycles. The maximum atomic E-state index is 7.39. The molecule has 16 heavy (non-hydrogen) atoms. The fourth-order valence-corrected chi connectivity index (χ4v) is 1.36. The molecule has 0 saturated heterocycles. The van der Waals surface area contributed by atoms with E-state index in [0.717, 1.165) is 6.42 Å². The van der Waals surface area contributed by atoms with E-state index in [1.54, 1.807) is 7.05 Å². The van der Waals surface area contributed by atoms with Crippen molar-refractivity contribution in [1.29, 1.82) is 5.41 Å². The summed E-state index contributed by atoms with van der Waals surface area (Å²) in [4.78, 5) is 5.30. The van der Waals surface area contributed by atoms with Crippen molar-refractivity contribution in [3.05, 3.63) is 35.9 Å². The van der Waals surface area contributed by atoms with Gasteiger partial charge in [0.2, 0.25) is 0 Å². The van der Waals surface area contributed by atoms with E-state index in [0.29, 0.717) is 6.54 Å². The number of nitrogens with zero attached hydrogens (tertiary/aromatic N) is 2. The standard InChI is InChI=1S/C11H17N5/c1-15-11(14)16(10(12)13)8-7-9-5-3-2-4-6-9/h2-6H,7-8H2,1H3,(H3,12,13)(H2,14,15). The summed E-state index contributed by atoms with van der Waals surface area (Å²) in [6, 6.07) is 9.97. The second-order valence-electron chi connectivity index (χ2n) is 3.35. The second-order valence-corrected chi connectivity index (χ2v) is 3.35. The van der Waals surface area contributed by atoms with E-state index in [9.17, 15) is 0 Å². The summed E-state index contributed by atoms with van der Waals surface area (Å²) in [6.45, 7) is 0.558. The lowest BCUT2D eigenvalue weighted by Crippen LogP contribution is -2.46. The molecule has 0 bridgehead atoms. The average molecular weight is 219 g/mol. The maximum absolute atomic E-state index is 7.39. The highest BCUT2D eigenvalue weighted by Gasteiger charge is 2.09. The third-order valence-electron chi connectivity index (χ3n) is 2.26. The van der Waals surface area contributed by atoms with Crippen LogP contribution in [0.3, 0.4) is 0 Å². The molecular weight excluding hydrogens is 202 g/mol. The Bertz CT molecular complexity index is 371. The summed E-state index contributed by atoms with van der Waals surface area (Å²) in [5.74, 6) is 0.183. The normalized spacial score (nSPS) is 11.2. The number of hydrogen-bond acceptors (Lipinski definition) is 2. The summed E-state index contributed by atoms with van der Waals surface area (Å²) < 4.78 is 0. The molecule has 1 rings (SSSR count). The SMILES string of the molecule is CN=C(N)N(CCc1ccccc1)C(=N)N. The second kappa shape index (κ2) is 5.75. The van der Waals surface area contributed by atoms with Gasteiger partial charge in [-0.3, -0.25) is 15.3 Å². The highest BCUT2D eigenvalue weighted by atomic mass is 15.3. The first-order chi connectivity index (χ1) is 7.65. The zero-order chi connectivity index (χ0) is 12.0. The molecule has 0 fully saturated rings. The van der Waals surface area contributed by atoms with Crippen LogP contribution in [0.5, 0.6) is 0 Å². The quantitative estimate of drug-likeness (QED) is 0.506. The minimum Gasteiger partial charge on any atom is -0.370 e. The van der Waals surface area contributed by atoms with Crippen molar-refractivity contribution < 1.29 is 0 Å². The van der Waals surface area contributed by atoms with Crippen molar-refractivity contribution in [1.82, 2.24) is 4.90 Å². The van der Waals surface area contributed by atoms with E-state index in [1.807, 2.05) is 30.3 Å². The summed E-state index contributed by atoms with van der Waals surface area (Å²) in [5.41, 5.74) is 12.2. The summed E-state index contributed by atoms with van der Waals surface area (Å²) in [5, 5.41) is 7.39. The van der Waals surface area contributed by atoms with Crippen LogP contribution in [-0.4, -0.2) is 30.4 Å². The van der Waals surface area contributed by atoms with Gasteiger partial charge in [-0.1, -0.05) is 30.3 Å². The van der Waals surface area contributed by atoms with E-state index in [2.05, 4.69) is 4.99 Å².